The van der Waals surface area contributed by atoms with Gasteiger partial charge in [0.25, 0.3) is 0 Å². The second-order valence-electron chi connectivity index (χ2n) is 5.86. The number of nitrogens with zero attached hydrogens (tertiary/aromatic N) is 1. The number of piperidine rings is 1. The van der Waals surface area contributed by atoms with Crippen LogP contribution in [0.15, 0.2) is 53.0 Å². The molecule has 0 aromatic heterocycles. The maximum absolute atomic E-state index is 12.6. The Balaban J connectivity index is 1.63. The molecular weight excluding hydrogens is 367 g/mol. The Hall–Kier alpha value is -1.49. The van der Waals surface area contributed by atoms with Crippen molar-refractivity contribution in [3.63, 3.8) is 0 Å². The lowest BCUT2D eigenvalue weighted by Gasteiger charge is -2.34. The molecule has 1 heterocycles. The van der Waals surface area contributed by atoms with E-state index in [-0.39, 0.29) is 0 Å². The van der Waals surface area contributed by atoms with E-state index in [1.807, 2.05) is 12.1 Å². The first-order valence-electron chi connectivity index (χ1n) is 7.61. The van der Waals surface area contributed by atoms with Crippen LogP contribution in [0.1, 0.15) is 29.9 Å². The van der Waals surface area contributed by atoms with Crippen LogP contribution in [0, 0.1) is 0 Å². The summed E-state index contributed by atoms with van der Waals surface area (Å²) < 4.78 is 38.9. The summed E-state index contributed by atoms with van der Waals surface area (Å²) in [5.41, 5.74) is 1.63. The molecule has 1 aliphatic heterocycles. The molecule has 0 unspecified atom stereocenters. The maximum atomic E-state index is 12.6. The fourth-order valence-electron chi connectivity index (χ4n) is 3.07. The van der Waals surface area contributed by atoms with Crippen molar-refractivity contribution in [1.29, 1.82) is 0 Å². The van der Waals surface area contributed by atoms with E-state index in [0.29, 0.717) is 5.92 Å². The van der Waals surface area contributed by atoms with Crippen LogP contribution in [0.4, 0.5) is 18.9 Å². The highest BCUT2D eigenvalue weighted by Gasteiger charge is 2.30. The number of benzene rings is 2. The lowest BCUT2D eigenvalue weighted by molar-refractivity contribution is -0.137. The third kappa shape index (κ3) is 3.89. The van der Waals surface area contributed by atoms with Crippen molar-refractivity contribution in [1.82, 2.24) is 0 Å². The first kappa shape index (κ1) is 16.4. The first-order valence-corrected chi connectivity index (χ1v) is 8.40. The topological polar surface area (TPSA) is 3.24 Å². The largest absolute Gasteiger partial charge is 0.416 e. The Morgan fingerprint density at radius 3 is 1.96 bits per heavy atom. The van der Waals surface area contributed by atoms with Crippen LogP contribution >= 0.6 is 15.9 Å². The number of halogens is 4. The molecule has 0 spiro atoms. The Morgan fingerprint density at radius 2 is 1.43 bits per heavy atom. The molecule has 0 radical (unpaired) electrons. The number of rotatable bonds is 2. The van der Waals surface area contributed by atoms with Gasteiger partial charge in [0, 0.05) is 23.2 Å². The van der Waals surface area contributed by atoms with Crippen LogP contribution in [0.2, 0.25) is 0 Å². The smallest absolute Gasteiger partial charge is 0.371 e. The molecule has 1 aliphatic rings. The van der Waals surface area contributed by atoms with E-state index in [4.69, 9.17) is 0 Å². The Kier molecular flexibility index (Phi) is 4.67. The molecule has 1 nitrogen and oxygen atoms in total. The quantitative estimate of drug-likeness (QED) is 0.628. The van der Waals surface area contributed by atoms with Crippen molar-refractivity contribution in [2.75, 3.05) is 18.0 Å². The standard InChI is InChI=1S/C18H17BrF3N/c19-16-5-7-17(8-6-16)23-11-9-14(10-12-23)13-1-3-15(4-2-13)18(20,21)22/h1-8,14H,9-12H2. The van der Waals surface area contributed by atoms with Gasteiger partial charge < -0.3 is 4.90 Å². The number of hydrogen-bond donors (Lipinski definition) is 0. The summed E-state index contributed by atoms with van der Waals surface area (Å²) >= 11 is 3.43. The fraction of sp³-hybridized carbons (Fsp3) is 0.333. The van der Waals surface area contributed by atoms with Crippen molar-refractivity contribution in [2.24, 2.45) is 0 Å². The molecule has 5 heteroatoms. The Morgan fingerprint density at radius 1 is 0.870 bits per heavy atom. The van der Waals surface area contributed by atoms with E-state index in [2.05, 4.69) is 33.0 Å². The van der Waals surface area contributed by atoms with E-state index in [9.17, 15) is 13.2 Å². The van der Waals surface area contributed by atoms with Gasteiger partial charge in [0.05, 0.1) is 5.56 Å². The van der Waals surface area contributed by atoms with Crippen LogP contribution in [0.3, 0.4) is 0 Å². The van der Waals surface area contributed by atoms with Crippen molar-refractivity contribution in [3.8, 4) is 0 Å². The number of alkyl halides is 3. The van der Waals surface area contributed by atoms with Gasteiger partial charge in [-0.2, -0.15) is 13.2 Å². The highest BCUT2D eigenvalue weighted by atomic mass is 79.9. The summed E-state index contributed by atoms with van der Waals surface area (Å²) in [7, 11) is 0. The van der Waals surface area contributed by atoms with E-state index < -0.39 is 11.7 Å². The fourth-order valence-corrected chi connectivity index (χ4v) is 3.33. The molecule has 122 valence electrons. The summed E-state index contributed by atoms with van der Waals surface area (Å²) in [5, 5.41) is 0. The minimum atomic E-state index is -4.26. The molecule has 3 rings (SSSR count). The molecule has 0 amide bonds. The van der Waals surface area contributed by atoms with Gasteiger partial charge in [-0.25, -0.2) is 0 Å². The monoisotopic (exact) mass is 383 g/mol. The predicted octanol–water partition coefficient (Wildman–Crippen LogP) is 5.85. The zero-order valence-electron chi connectivity index (χ0n) is 12.5. The lowest BCUT2D eigenvalue weighted by atomic mass is 9.89. The minimum Gasteiger partial charge on any atom is -0.371 e. The second kappa shape index (κ2) is 6.56. The zero-order chi connectivity index (χ0) is 16.4. The highest BCUT2D eigenvalue weighted by Crippen LogP contribution is 2.34. The maximum Gasteiger partial charge on any atom is 0.416 e. The lowest BCUT2D eigenvalue weighted by Crippen LogP contribution is -2.32. The first-order chi connectivity index (χ1) is 10.9. The average molecular weight is 384 g/mol. The van der Waals surface area contributed by atoms with Crippen LogP contribution in [-0.2, 0) is 6.18 Å². The highest BCUT2D eigenvalue weighted by molar-refractivity contribution is 9.10. The van der Waals surface area contributed by atoms with Gasteiger partial charge in [-0.1, -0.05) is 28.1 Å². The van der Waals surface area contributed by atoms with E-state index in [1.165, 1.54) is 17.8 Å². The minimum absolute atomic E-state index is 0.337. The zero-order valence-corrected chi connectivity index (χ0v) is 14.1. The van der Waals surface area contributed by atoms with E-state index >= 15 is 0 Å². The molecule has 23 heavy (non-hydrogen) atoms. The summed E-state index contributed by atoms with van der Waals surface area (Å²) in [4.78, 5) is 2.33. The average Bonchev–Trinajstić information content (AvgIpc) is 2.55. The van der Waals surface area contributed by atoms with Gasteiger partial charge >= 0.3 is 6.18 Å². The van der Waals surface area contributed by atoms with Crippen LogP contribution in [0.25, 0.3) is 0 Å². The predicted molar refractivity (Wildman–Crippen MR) is 89.8 cm³/mol. The molecule has 1 fully saturated rings. The van der Waals surface area contributed by atoms with Gasteiger partial charge in [0.15, 0.2) is 0 Å². The third-order valence-electron chi connectivity index (χ3n) is 4.40. The molecule has 0 aliphatic carbocycles. The summed E-state index contributed by atoms with van der Waals surface area (Å²) in [6.07, 6.45) is -2.34. The normalized spacial score (nSPS) is 16.6. The Bertz CT molecular complexity index is 641. The van der Waals surface area contributed by atoms with Crippen LogP contribution in [0.5, 0.6) is 0 Å². The van der Waals surface area contributed by atoms with Crippen molar-refractivity contribution in [3.05, 3.63) is 64.1 Å². The van der Waals surface area contributed by atoms with Crippen LogP contribution in [-0.4, -0.2) is 13.1 Å². The second-order valence-corrected chi connectivity index (χ2v) is 6.77. The summed E-state index contributed by atoms with van der Waals surface area (Å²) in [6.45, 7) is 1.85. The summed E-state index contributed by atoms with van der Waals surface area (Å²) in [5.74, 6) is 0.337. The summed E-state index contributed by atoms with van der Waals surface area (Å²) in [6, 6.07) is 13.9. The molecule has 2 aromatic rings. The third-order valence-corrected chi connectivity index (χ3v) is 4.92. The molecule has 0 atom stereocenters. The molecule has 0 bridgehead atoms. The van der Waals surface area contributed by atoms with Gasteiger partial charge in [-0.05, 0) is 60.7 Å². The van der Waals surface area contributed by atoms with E-state index in [1.54, 1.807) is 12.1 Å². The SMILES string of the molecule is FC(F)(F)c1ccc(C2CCN(c3ccc(Br)cc3)CC2)cc1. The van der Waals surface area contributed by atoms with Crippen molar-refractivity contribution >= 4 is 21.6 Å². The van der Waals surface area contributed by atoms with Crippen LogP contribution < -0.4 is 4.90 Å². The molecule has 1 saturated heterocycles. The molecular formula is C18H17BrF3N. The Labute approximate surface area is 142 Å². The molecule has 0 N–H and O–H groups in total. The van der Waals surface area contributed by atoms with Gasteiger partial charge in [0.1, 0.15) is 0 Å². The van der Waals surface area contributed by atoms with Gasteiger partial charge in [-0.15, -0.1) is 0 Å². The van der Waals surface area contributed by atoms with Crippen molar-refractivity contribution in [2.45, 2.75) is 24.9 Å². The van der Waals surface area contributed by atoms with E-state index in [0.717, 1.165) is 36.0 Å². The van der Waals surface area contributed by atoms with Gasteiger partial charge in [-0.3, -0.25) is 0 Å². The van der Waals surface area contributed by atoms with Crippen molar-refractivity contribution < 1.29 is 13.2 Å². The molecule has 2 aromatic carbocycles. The van der Waals surface area contributed by atoms with Gasteiger partial charge in [0.2, 0.25) is 0 Å². The molecule has 0 saturated carbocycles. The number of hydrogen-bond acceptors (Lipinski definition) is 1. The number of anilines is 1.